The molecular weight excluding hydrogens is 322 g/mol. The lowest BCUT2D eigenvalue weighted by molar-refractivity contribution is 0.304. The lowest BCUT2D eigenvalue weighted by Crippen LogP contribution is -2.09. The van der Waals surface area contributed by atoms with Crippen molar-refractivity contribution in [2.24, 2.45) is 5.73 Å². The Hall–Kier alpha value is -1.39. The van der Waals surface area contributed by atoms with Crippen LogP contribution >= 0.6 is 28.1 Å². The minimum Gasteiger partial charge on any atom is -0.488 e. The van der Waals surface area contributed by atoms with Crippen LogP contribution in [0, 0.1) is 6.92 Å². The van der Waals surface area contributed by atoms with Gasteiger partial charge in [-0.25, -0.2) is 0 Å². The summed E-state index contributed by atoms with van der Waals surface area (Å²) in [6, 6.07) is 13.9. The van der Waals surface area contributed by atoms with E-state index in [9.17, 15) is 0 Å². The zero-order chi connectivity index (χ0) is 13.8. The molecule has 0 aliphatic heterocycles. The molecule has 0 fully saturated rings. The zero-order valence-electron chi connectivity index (χ0n) is 10.5. The van der Waals surface area contributed by atoms with Crippen LogP contribution in [-0.2, 0) is 6.61 Å². The van der Waals surface area contributed by atoms with Gasteiger partial charge in [0.1, 0.15) is 17.3 Å². The molecule has 0 aliphatic carbocycles. The fourth-order valence-electron chi connectivity index (χ4n) is 1.62. The molecule has 0 unspecified atom stereocenters. The summed E-state index contributed by atoms with van der Waals surface area (Å²) in [5.41, 5.74) is 8.78. The standard InChI is InChI=1S/C15H14BrNOS/c1-10-2-4-11(5-3-10)9-18-14-7-6-12(15(17)19)8-13(14)16/h2-8H,9H2,1H3,(H2,17,19). The third kappa shape index (κ3) is 3.78. The molecule has 0 heterocycles. The first kappa shape index (κ1) is 14.0. The molecule has 0 bridgehead atoms. The predicted octanol–water partition coefficient (Wildman–Crippen LogP) is 3.97. The fraction of sp³-hybridized carbons (Fsp3) is 0.133. The van der Waals surface area contributed by atoms with E-state index in [4.69, 9.17) is 22.7 Å². The lowest BCUT2D eigenvalue weighted by atomic mass is 10.2. The topological polar surface area (TPSA) is 35.2 Å². The summed E-state index contributed by atoms with van der Waals surface area (Å²) in [6.07, 6.45) is 0. The normalized spacial score (nSPS) is 10.2. The molecule has 2 nitrogen and oxygen atoms in total. The molecule has 0 spiro atoms. The van der Waals surface area contributed by atoms with Crippen LogP contribution in [0.1, 0.15) is 16.7 Å². The van der Waals surface area contributed by atoms with E-state index in [0.29, 0.717) is 11.6 Å². The predicted molar refractivity (Wildman–Crippen MR) is 85.5 cm³/mol. The van der Waals surface area contributed by atoms with Crippen molar-refractivity contribution in [2.75, 3.05) is 0 Å². The molecule has 0 radical (unpaired) electrons. The first-order valence-corrected chi connectivity index (χ1v) is 7.04. The largest absolute Gasteiger partial charge is 0.488 e. The van der Waals surface area contributed by atoms with E-state index in [1.165, 1.54) is 5.56 Å². The molecule has 2 N–H and O–H groups in total. The lowest BCUT2D eigenvalue weighted by Gasteiger charge is -2.09. The smallest absolute Gasteiger partial charge is 0.134 e. The Balaban J connectivity index is 2.07. The van der Waals surface area contributed by atoms with Gasteiger partial charge in [0.15, 0.2) is 0 Å². The molecule has 4 heteroatoms. The second kappa shape index (κ2) is 6.17. The second-order valence-corrected chi connectivity index (χ2v) is 5.58. The molecule has 0 aromatic heterocycles. The average Bonchev–Trinajstić information content (AvgIpc) is 2.39. The highest BCUT2D eigenvalue weighted by molar-refractivity contribution is 9.10. The van der Waals surface area contributed by atoms with Gasteiger partial charge >= 0.3 is 0 Å². The van der Waals surface area contributed by atoms with E-state index in [2.05, 4.69) is 47.1 Å². The van der Waals surface area contributed by atoms with Crippen LogP contribution in [0.5, 0.6) is 5.75 Å². The Morgan fingerprint density at radius 2 is 1.89 bits per heavy atom. The summed E-state index contributed by atoms with van der Waals surface area (Å²) in [5, 5.41) is 0. The van der Waals surface area contributed by atoms with Gasteiger partial charge in [-0.05, 0) is 46.6 Å². The Morgan fingerprint density at radius 3 is 2.47 bits per heavy atom. The van der Waals surface area contributed by atoms with Gasteiger partial charge in [0.2, 0.25) is 0 Å². The highest BCUT2D eigenvalue weighted by atomic mass is 79.9. The van der Waals surface area contributed by atoms with Gasteiger partial charge in [-0.2, -0.15) is 0 Å². The minimum atomic E-state index is 0.380. The van der Waals surface area contributed by atoms with Crippen molar-refractivity contribution in [3.8, 4) is 5.75 Å². The second-order valence-electron chi connectivity index (χ2n) is 4.28. The molecule has 0 aliphatic rings. The fourth-order valence-corrected chi connectivity index (χ4v) is 2.24. The molecular formula is C15H14BrNOS. The molecule has 2 aromatic rings. The minimum absolute atomic E-state index is 0.380. The number of ether oxygens (including phenoxy) is 1. The van der Waals surface area contributed by atoms with E-state index >= 15 is 0 Å². The van der Waals surface area contributed by atoms with Crippen molar-refractivity contribution < 1.29 is 4.74 Å². The van der Waals surface area contributed by atoms with E-state index in [1.807, 2.05) is 18.2 Å². The number of hydrogen-bond acceptors (Lipinski definition) is 2. The number of nitrogens with two attached hydrogens (primary N) is 1. The third-order valence-corrected chi connectivity index (χ3v) is 3.59. The Morgan fingerprint density at radius 1 is 1.21 bits per heavy atom. The SMILES string of the molecule is Cc1ccc(COc2ccc(C(N)=S)cc2Br)cc1. The Bertz CT molecular complexity index is 596. The van der Waals surface area contributed by atoms with E-state index in [-0.39, 0.29) is 0 Å². The van der Waals surface area contributed by atoms with Crippen LogP contribution in [-0.4, -0.2) is 4.99 Å². The first-order valence-electron chi connectivity index (χ1n) is 5.84. The highest BCUT2D eigenvalue weighted by Crippen LogP contribution is 2.26. The number of hydrogen-bond donors (Lipinski definition) is 1. The van der Waals surface area contributed by atoms with Gasteiger partial charge in [-0.1, -0.05) is 42.0 Å². The summed E-state index contributed by atoms with van der Waals surface area (Å²) in [6.45, 7) is 2.60. The zero-order valence-corrected chi connectivity index (χ0v) is 12.9. The number of aryl methyl sites for hydroxylation is 1. The van der Waals surface area contributed by atoms with Gasteiger partial charge in [0.25, 0.3) is 0 Å². The monoisotopic (exact) mass is 335 g/mol. The maximum Gasteiger partial charge on any atom is 0.134 e. The van der Waals surface area contributed by atoms with Crippen molar-refractivity contribution in [2.45, 2.75) is 13.5 Å². The summed E-state index contributed by atoms with van der Waals surface area (Å²) >= 11 is 8.39. The summed E-state index contributed by atoms with van der Waals surface area (Å²) in [7, 11) is 0. The average molecular weight is 336 g/mol. The van der Waals surface area contributed by atoms with Crippen molar-refractivity contribution in [1.82, 2.24) is 0 Å². The highest BCUT2D eigenvalue weighted by Gasteiger charge is 2.04. The van der Waals surface area contributed by atoms with Gasteiger partial charge in [0, 0.05) is 5.56 Å². The molecule has 2 aromatic carbocycles. The Kier molecular flexibility index (Phi) is 4.56. The quantitative estimate of drug-likeness (QED) is 0.858. The van der Waals surface area contributed by atoms with Crippen LogP contribution in [0.25, 0.3) is 0 Å². The van der Waals surface area contributed by atoms with Crippen LogP contribution in [0.3, 0.4) is 0 Å². The third-order valence-electron chi connectivity index (χ3n) is 2.73. The summed E-state index contributed by atoms with van der Waals surface area (Å²) in [5.74, 6) is 0.778. The molecule has 98 valence electrons. The molecule has 0 amide bonds. The number of rotatable bonds is 4. The van der Waals surface area contributed by atoms with Crippen molar-refractivity contribution in [3.63, 3.8) is 0 Å². The van der Waals surface area contributed by atoms with E-state index in [0.717, 1.165) is 21.3 Å². The van der Waals surface area contributed by atoms with Crippen molar-refractivity contribution in [3.05, 3.63) is 63.6 Å². The van der Waals surface area contributed by atoms with E-state index < -0.39 is 0 Å². The Labute approximate surface area is 126 Å². The number of benzene rings is 2. The number of halogens is 1. The maximum absolute atomic E-state index is 5.77. The van der Waals surface area contributed by atoms with Crippen molar-refractivity contribution in [1.29, 1.82) is 0 Å². The molecule has 0 saturated heterocycles. The molecule has 19 heavy (non-hydrogen) atoms. The molecule has 0 atom stereocenters. The van der Waals surface area contributed by atoms with Gasteiger partial charge in [-0.3, -0.25) is 0 Å². The van der Waals surface area contributed by atoms with Gasteiger partial charge < -0.3 is 10.5 Å². The molecule has 2 rings (SSSR count). The van der Waals surface area contributed by atoms with Crippen LogP contribution in [0.15, 0.2) is 46.9 Å². The van der Waals surface area contributed by atoms with Crippen LogP contribution < -0.4 is 10.5 Å². The summed E-state index contributed by atoms with van der Waals surface area (Å²) < 4.78 is 6.62. The van der Waals surface area contributed by atoms with Gasteiger partial charge in [-0.15, -0.1) is 0 Å². The van der Waals surface area contributed by atoms with Gasteiger partial charge in [0.05, 0.1) is 4.47 Å². The number of thiocarbonyl (C=S) groups is 1. The van der Waals surface area contributed by atoms with Crippen LogP contribution in [0.4, 0.5) is 0 Å². The summed E-state index contributed by atoms with van der Waals surface area (Å²) in [4.78, 5) is 0.380. The first-order chi connectivity index (χ1) is 9.06. The maximum atomic E-state index is 5.77. The van der Waals surface area contributed by atoms with Crippen molar-refractivity contribution >= 4 is 33.1 Å². The van der Waals surface area contributed by atoms with E-state index in [1.54, 1.807) is 0 Å². The van der Waals surface area contributed by atoms with Crippen LogP contribution in [0.2, 0.25) is 0 Å². The molecule has 0 saturated carbocycles.